The second-order valence-electron chi connectivity index (χ2n) is 7.44. The van der Waals surface area contributed by atoms with Gasteiger partial charge in [-0.15, -0.1) is 0 Å². The first-order valence-corrected chi connectivity index (χ1v) is 9.92. The third-order valence-electron chi connectivity index (χ3n) is 5.41. The Bertz CT molecular complexity index is 867. The van der Waals surface area contributed by atoms with E-state index in [1.54, 1.807) is 24.0 Å². The van der Waals surface area contributed by atoms with Crippen LogP contribution < -0.4 is 9.47 Å². The quantitative estimate of drug-likeness (QED) is 0.726. The summed E-state index contributed by atoms with van der Waals surface area (Å²) in [5, 5.41) is 6.71. The van der Waals surface area contributed by atoms with Gasteiger partial charge in [-0.2, -0.15) is 5.10 Å². The lowest BCUT2D eigenvalue weighted by atomic mass is 10.1. The fourth-order valence-electron chi connectivity index (χ4n) is 3.40. The number of hydrogen-bond acceptors (Lipinski definition) is 6. The highest BCUT2D eigenvalue weighted by Gasteiger charge is 2.34. The molecular weight excluding hydrogens is 386 g/mol. The maximum Gasteiger partial charge on any atom is 0.257 e. The number of H-pyrrole nitrogens is 1. The topological polar surface area (TPSA) is 91.0 Å². The molecule has 2 amide bonds. The third-order valence-corrected chi connectivity index (χ3v) is 5.41. The minimum absolute atomic E-state index is 0.0303. The summed E-state index contributed by atoms with van der Waals surface area (Å²) in [6.07, 6.45) is 1.54. The highest BCUT2D eigenvalue weighted by molar-refractivity contribution is 5.95. The van der Waals surface area contributed by atoms with Crippen LogP contribution in [0.2, 0.25) is 0 Å². The van der Waals surface area contributed by atoms with Crippen molar-refractivity contribution in [1.82, 2.24) is 24.9 Å². The van der Waals surface area contributed by atoms with Crippen LogP contribution in [0.1, 0.15) is 16.1 Å². The van der Waals surface area contributed by atoms with Crippen molar-refractivity contribution in [3.63, 3.8) is 0 Å². The summed E-state index contributed by atoms with van der Waals surface area (Å²) in [4.78, 5) is 31.2. The number of carbonyl (C=O) groups excluding carboxylic acids is 2. The second-order valence-corrected chi connectivity index (χ2v) is 7.44. The fraction of sp³-hybridized carbons (Fsp3) is 0.476. The van der Waals surface area contributed by atoms with Gasteiger partial charge in [-0.05, 0) is 38.2 Å². The number of aromatic nitrogens is 2. The van der Waals surface area contributed by atoms with Crippen molar-refractivity contribution in [2.75, 3.05) is 54.0 Å². The van der Waals surface area contributed by atoms with E-state index in [1.807, 2.05) is 43.1 Å². The van der Waals surface area contributed by atoms with Crippen LogP contribution in [-0.2, 0) is 4.79 Å². The van der Waals surface area contributed by atoms with Gasteiger partial charge in [0.1, 0.15) is 24.1 Å². The van der Waals surface area contributed by atoms with Gasteiger partial charge < -0.3 is 19.3 Å². The Hall–Kier alpha value is -3.07. The van der Waals surface area contributed by atoms with Crippen molar-refractivity contribution in [2.45, 2.75) is 13.0 Å². The lowest BCUT2D eigenvalue weighted by Crippen LogP contribution is -2.59. The van der Waals surface area contributed by atoms with Crippen molar-refractivity contribution in [3.05, 3.63) is 41.7 Å². The zero-order valence-electron chi connectivity index (χ0n) is 17.9. The maximum absolute atomic E-state index is 13.0. The summed E-state index contributed by atoms with van der Waals surface area (Å²) in [6.45, 7) is 4.20. The molecule has 1 atom stereocenters. The van der Waals surface area contributed by atoms with Crippen LogP contribution in [0.4, 0.5) is 0 Å². The number of rotatable bonds is 7. The van der Waals surface area contributed by atoms with Gasteiger partial charge in [0.15, 0.2) is 0 Å². The van der Waals surface area contributed by atoms with Crippen LogP contribution in [0.15, 0.2) is 30.5 Å². The molecule has 9 heteroatoms. The summed E-state index contributed by atoms with van der Waals surface area (Å²) < 4.78 is 10.9. The zero-order valence-corrected chi connectivity index (χ0v) is 17.9. The molecule has 1 aliphatic rings. The molecule has 1 fully saturated rings. The number of piperazine rings is 1. The van der Waals surface area contributed by atoms with Crippen molar-refractivity contribution >= 4 is 11.8 Å². The van der Waals surface area contributed by atoms with Crippen molar-refractivity contribution in [3.8, 4) is 11.5 Å². The van der Waals surface area contributed by atoms with Gasteiger partial charge in [-0.3, -0.25) is 19.6 Å². The number of likely N-dealkylation sites (N-methyl/N-ethyl adjacent to an activating group) is 2. The Morgan fingerprint density at radius 2 is 1.93 bits per heavy atom. The molecule has 30 heavy (non-hydrogen) atoms. The molecule has 3 rings (SSSR count). The summed E-state index contributed by atoms with van der Waals surface area (Å²) in [5.74, 6) is 1.35. The molecular formula is C21H29N5O4. The molecule has 1 aromatic carbocycles. The first-order chi connectivity index (χ1) is 14.4. The molecule has 0 radical (unpaired) electrons. The summed E-state index contributed by atoms with van der Waals surface area (Å²) in [6, 6.07) is 6.93. The molecule has 0 unspecified atom stereocenters. The average molecular weight is 415 g/mol. The number of ether oxygens (including phenoxy) is 2. The predicted octanol–water partition coefficient (Wildman–Crippen LogP) is 1.02. The molecule has 2 heterocycles. The van der Waals surface area contributed by atoms with Crippen LogP contribution in [0.25, 0.3) is 0 Å². The van der Waals surface area contributed by atoms with E-state index in [0.717, 1.165) is 17.2 Å². The number of nitrogens with one attached hydrogen (secondary N) is 1. The van der Waals surface area contributed by atoms with E-state index in [2.05, 4.69) is 10.2 Å². The van der Waals surface area contributed by atoms with Crippen LogP contribution in [-0.4, -0.2) is 96.7 Å². The average Bonchev–Trinajstić information content (AvgIpc) is 3.19. The number of carbonyl (C=O) groups is 2. The number of aromatic amines is 1. The van der Waals surface area contributed by atoms with E-state index < -0.39 is 0 Å². The Kier molecular flexibility index (Phi) is 6.94. The minimum Gasteiger partial charge on any atom is -0.497 e. The highest BCUT2D eigenvalue weighted by Crippen LogP contribution is 2.17. The lowest BCUT2D eigenvalue weighted by molar-refractivity contribution is -0.137. The number of nitrogens with zero attached hydrogens (tertiary/aromatic N) is 4. The lowest BCUT2D eigenvalue weighted by Gasteiger charge is -2.39. The number of methoxy groups -OCH3 is 1. The monoisotopic (exact) mass is 415 g/mol. The fourth-order valence-corrected chi connectivity index (χ4v) is 3.40. The molecule has 0 aliphatic carbocycles. The Labute approximate surface area is 176 Å². The Morgan fingerprint density at radius 1 is 1.23 bits per heavy atom. The van der Waals surface area contributed by atoms with Crippen molar-refractivity contribution in [2.24, 2.45) is 0 Å². The van der Waals surface area contributed by atoms with Gasteiger partial charge in [0.2, 0.25) is 5.91 Å². The number of amides is 2. The highest BCUT2D eigenvalue weighted by atomic mass is 16.5. The van der Waals surface area contributed by atoms with E-state index in [9.17, 15) is 9.59 Å². The molecule has 0 saturated carbocycles. The van der Waals surface area contributed by atoms with Gasteiger partial charge in [-0.25, -0.2) is 0 Å². The largest absolute Gasteiger partial charge is 0.497 e. The Balaban J connectivity index is 1.54. The minimum atomic E-state index is -0.388. The maximum atomic E-state index is 13.0. The molecule has 1 N–H and O–H groups in total. The Morgan fingerprint density at radius 3 is 2.57 bits per heavy atom. The number of benzene rings is 1. The molecule has 2 aromatic rings. The van der Waals surface area contributed by atoms with Crippen LogP contribution >= 0.6 is 0 Å². The summed E-state index contributed by atoms with van der Waals surface area (Å²) in [5.41, 5.74) is 1.28. The third kappa shape index (κ3) is 4.91. The first-order valence-electron chi connectivity index (χ1n) is 9.92. The normalized spacial score (nSPS) is 16.9. The van der Waals surface area contributed by atoms with Crippen molar-refractivity contribution in [1.29, 1.82) is 0 Å². The van der Waals surface area contributed by atoms with E-state index in [-0.39, 0.29) is 17.9 Å². The van der Waals surface area contributed by atoms with Gasteiger partial charge in [0.05, 0.1) is 25.4 Å². The summed E-state index contributed by atoms with van der Waals surface area (Å²) >= 11 is 0. The van der Waals surface area contributed by atoms with E-state index in [4.69, 9.17) is 9.47 Å². The van der Waals surface area contributed by atoms with Gasteiger partial charge in [0.25, 0.3) is 5.91 Å². The van der Waals surface area contributed by atoms with Gasteiger partial charge in [-0.1, -0.05) is 0 Å². The molecule has 0 spiro atoms. The van der Waals surface area contributed by atoms with Gasteiger partial charge in [0, 0.05) is 32.4 Å². The number of hydrogen-bond donors (Lipinski definition) is 1. The van der Waals surface area contributed by atoms with Crippen molar-refractivity contribution < 1.29 is 19.1 Å². The van der Waals surface area contributed by atoms with E-state index in [1.165, 1.54) is 6.20 Å². The van der Waals surface area contributed by atoms with E-state index in [0.29, 0.717) is 38.3 Å². The SMILES string of the molecule is COc1ccc(OCCN(C)C(=O)[C@H]2CN(C(=O)c3cn[nH]c3C)CCN2C)cc1. The van der Waals surface area contributed by atoms with Crippen LogP contribution in [0.5, 0.6) is 11.5 Å². The zero-order chi connectivity index (χ0) is 21.7. The van der Waals surface area contributed by atoms with Crippen LogP contribution in [0, 0.1) is 6.92 Å². The second kappa shape index (κ2) is 9.62. The molecule has 0 bridgehead atoms. The molecule has 1 saturated heterocycles. The molecule has 1 aromatic heterocycles. The molecule has 162 valence electrons. The van der Waals surface area contributed by atoms with Gasteiger partial charge >= 0.3 is 0 Å². The number of aryl methyl sites for hydroxylation is 1. The molecule has 1 aliphatic heterocycles. The predicted molar refractivity (Wildman–Crippen MR) is 112 cm³/mol. The standard InChI is InChI=1S/C21H29N5O4/c1-15-18(13-22-23-15)20(27)26-10-9-24(2)19(14-26)21(28)25(3)11-12-30-17-7-5-16(29-4)6-8-17/h5-8,13,19H,9-12,14H2,1-4H3,(H,22,23)/t19-/m1/s1. The smallest absolute Gasteiger partial charge is 0.257 e. The van der Waals surface area contributed by atoms with E-state index >= 15 is 0 Å². The summed E-state index contributed by atoms with van der Waals surface area (Å²) in [7, 11) is 5.29. The van der Waals surface area contributed by atoms with Crippen LogP contribution in [0.3, 0.4) is 0 Å². The first kappa shape index (κ1) is 21.6. The molecule has 9 nitrogen and oxygen atoms in total.